The van der Waals surface area contributed by atoms with Crippen molar-refractivity contribution in [2.75, 3.05) is 19.4 Å². The number of fused-ring (bicyclic) bond motifs is 1. The van der Waals surface area contributed by atoms with E-state index in [0.29, 0.717) is 0 Å². The van der Waals surface area contributed by atoms with Crippen LogP contribution in [0.5, 0.6) is 5.75 Å². The van der Waals surface area contributed by atoms with Gasteiger partial charge in [-0.3, -0.25) is 0 Å². The van der Waals surface area contributed by atoms with E-state index >= 15 is 0 Å². The smallest absolute Gasteiger partial charge is 0.132 e. The van der Waals surface area contributed by atoms with E-state index in [1.54, 1.807) is 7.11 Å². The number of nitrogens with two attached hydrogens (primary N) is 1. The highest BCUT2D eigenvalue weighted by molar-refractivity contribution is 7.99. The van der Waals surface area contributed by atoms with E-state index < -0.39 is 0 Å². The number of hydrogen-bond donors (Lipinski definition) is 1. The Hall–Kier alpha value is -0.670. The summed E-state index contributed by atoms with van der Waals surface area (Å²) in [6.45, 7) is 0.796. The fourth-order valence-corrected chi connectivity index (χ4v) is 3.36. The van der Waals surface area contributed by atoms with Gasteiger partial charge in [-0.15, -0.1) is 11.8 Å². The number of thioether (sulfide) groups is 1. The van der Waals surface area contributed by atoms with Crippen molar-refractivity contribution in [3.63, 3.8) is 0 Å². The molecule has 0 saturated heterocycles. The molecule has 1 atom stereocenters. The van der Waals surface area contributed by atoms with Gasteiger partial charge in [0.25, 0.3) is 0 Å². The van der Waals surface area contributed by atoms with E-state index in [0.717, 1.165) is 31.1 Å². The van der Waals surface area contributed by atoms with Crippen LogP contribution in [0.3, 0.4) is 0 Å². The van der Waals surface area contributed by atoms with Crippen molar-refractivity contribution in [3.8, 4) is 5.75 Å². The molecule has 0 aromatic heterocycles. The van der Waals surface area contributed by atoms with E-state index in [4.69, 9.17) is 10.5 Å². The summed E-state index contributed by atoms with van der Waals surface area (Å²) in [7, 11) is 1.74. The minimum absolute atomic E-state index is 0.736. The van der Waals surface area contributed by atoms with Crippen molar-refractivity contribution in [2.45, 2.75) is 17.7 Å². The zero-order valence-electron chi connectivity index (χ0n) is 9.03. The third-order valence-corrected chi connectivity index (χ3v) is 4.22. The molecule has 82 valence electrons. The van der Waals surface area contributed by atoms with Gasteiger partial charge in [-0.2, -0.15) is 0 Å². The molecule has 0 radical (unpaired) electrons. The van der Waals surface area contributed by atoms with Crippen molar-refractivity contribution in [3.05, 3.63) is 23.8 Å². The molecule has 0 bridgehead atoms. The molecule has 1 aromatic rings. The highest BCUT2D eigenvalue weighted by Gasteiger charge is 2.20. The lowest BCUT2D eigenvalue weighted by atomic mass is 9.97. The van der Waals surface area contributed by atoms with Gasteiger partial charge in [-0.1, -0.05) is 12.1 Å². The van der Waals surface area contributed by atoms with Crippen molar-refractivity contribution >= 4 is 11.8 Å². The van der Waals surface area contributed by atoms with Crippen LogP contribution in [-0.4, -0.2) is 19.4 Å². The van der Waals surface area contributed by atoms with Crippen LogP contribution in [0.4, 0.5) is 0 Å². The molecular formula is C12H17NOS. The number of rotatable bonds is 3. The summed E-state index contributed by atoms with van der Waals surface area (Å²) >= 11 is 1.91. The fourth-order valence-electron chi connectivity index (χ4n) is 2.04. The van der Waals surface area contributed by atoms with Crippen LogP contribution in [0, 0.1) is 5.92 Å². The lowest BCUT2D eigenvalue weighted by Crippen LogP contribution is -2.17. The normalized spacial score (nSPS) is 19.7. The van der Waals surface area contributed by atoms with Crippen LogP contribution in [0.2, 0.25) is 0 Å². The van der Waals surface area contributed by atoms with Crippen molar-refractivity contribution in [2.24, 2.45) is 11.7 Å². The zero-order valence-corrected chi connectivity index (χ0v) is 9.85. The minimum Gasteiger partial charge on any atom is -0.496 e. The third kappa shape index (κ3) is 2.29. The molecule has 2 N–H and O–H groups in total. The molecule has 0 amide bonds. The van der Waals surface area contributed by atoms with Gasteiger partial charge >= 0.3 is 0 Å². The first-order valence-corrected chi connectivity index (χ1v) is 6.32. The third-order valence-electron chi connectivity index (χ3n) is 2.83. The minimum atomic E-state index is 0.736. The van der Waals surface area contributed by atoms with E-state index in [1.807, 2.05) is 17.8 Å². The molecule has 1 unspecified atom stereocenters. The molecule has 1 aliphatic heterocycles. The molecule has 15 heavy (non-hydrogen) atoms. The highest BCUT2D eigenvalue weighted by atomic mass is 32.2. The van der Waals surface area contributed by atoms with Gasteiger partial charge in [-0.05, 0) is 36.9 Å². The van der Waals surface area contributed by atoms with E-state index in [1.165, 1.54) is 16.2 Å². The molecule has 0 fully saturated rings. The molecule has 0 aliphatic carbocycles. The first-order chi connectivity index (χ1) is 7.35. The highest BCUT2D eigenvalue weighted by Crippen LogP contribution is 2.39. The van der Waals surface area contributed by atoms with Crippen LogP contribution in [0.1, 0.15) is 12.0 Å². The second kappa shape index (κ2) is 4.90. The molecule has 1 heterocycles. The quantitative estimate of drug-likeness (QED) is 0.854. The standard InChI is InChI=1S/C12H17NOS/c1-14-11-4-2-3-10-7-9(5-6-13)8-15-12(10)11/h2-4,9H,5-8,13H2,1H3. The molecule has 3 heteroatoms. The summed E-state index contributed by atoms with van der Waals surface area (Å²) in [5.41, 5.74) is 7.02. The Balaban J connectivity index is 2.20. The molecule has 2 nitrogen and oxygen atoms in total. The predicted molar refractivity (Wildman–Crippen MR) is 64.6 cm³/mol. The summed E-state index contributed by atoms with van der Waals surface area (Å²) in [6.07, 6.45) is 2.28. The maximum absolute atomic E-state index is 5.60. The van der Waals surface area contributed by atoms with Gasteiger partial charge in [0.1, 0.15) is 5.75 Å². The van der Waals surface area contributed by atoms with Gasteiger partial charge < -0.3 is 10.5 Å². The number of benzene rings is 1. The Morgan fingerprint density at radius 3 is 3.13 bits per heavy atom. The van der Waals surface area contributed by atoms with Gasteiger partial charge in [0.2, 0.25) is 0 Å². The van der Waals surface area contributed by atoms with Crippen molar-refractivity contribution < 1.29 is 4.74 Å². The average molecular weight is 223 g/mol. The molecular weight excluding hydrogens is 206 g/mol. The lowest BCUT2D eigenvalue weighted by Gasteiger charge is -2.24. The molecule has 1 aliphatic rings. The maximum Gasteiger partial charge on any atom is 0.132 e. The van der Waals surface area contributed by atoms with E-state index in [2.05, 4.69) is 12.1 Å². The van der Waals surface area contributed by atoms with Gasteiger partial charge in [0.05, 0.1) is 12.0 Å². The SMILES string of the molecule is COc1cccc2c1SCC(CCN)C2. The van der Waals surface area contributed by atoms with Crippen molar-refractivity contribution in [1.29, 1.82) is 0 Å². The fraction of sp³-hybridized carbons (Fsp3) is 0.500. The van der Waals surface area contributed by atoms with Gasteiger partial charge in [0, 0.05) is 5.75 Å². The zero-order chi connectivity index (χ0) is 10.7. The summed E-state index contributed by atoms with van der Waals surface area (Å²) < 4.78 is 5.36. The largest absolute Gasteiger partial charge is 0.496 e. The first kappa shape index (κ1) is 10.8. The van der Waals surface area contributed by atoms with Crippen LogP contribution in [-0.2, 0) is 6.42 Å². The van der Waals surface area contributed by atoms with Crippen LogP contribution in [0.15, 0.2) is 23.1 Å². The Kier molecular flexibility index (Phi) is 3.54. The van der Waals surface area contributed by atoms with Crippen LogP contribution < -0.4 is 10.5 Å². The Labute approximate surface area is 95.2 Å². The molecule has 0 spiro atoms. The summed E-state index contributed by atoms with van der Waals surface area (Å²) in [4.78, 5) is 1.33. The second-order valence-electron chi connectivity index (χ2n) is 3.91. The van der Waals surface area contributed by atoms with E-state index in [-0.39, 0.29) is 0 Å². The Bertz CT molecular complexity index is 340. The van der Waals surface area contributed by atoms with Crippen LogP contribution >= 0.6 is 11.8 Å². The van der Waals surface area contributed by atoms with Crippen LogP contribution in [0.25, 0.3) is 0 Å². The second-order valence-corrected chi connectivity index (χ2v) is 4.94. The predicted octanol–water partition coefficient (Wildman–Crippen LogP) is 2.31. The summed E-state index contributed by atoms with van der Waals surface area (Å²) in [5, 5.41) is 0. The number of ether oxygens (including phenoxy) is 1. The summed E-state index contributed by atoms with van der Waals surface area (Å²) in [5.74, 6) is 2.92. The first-order valence-electron chi connectivity index (χ1n) is 5.34. The Morgan fingerprint density at radius 2 is 2.40 bits per heavy atom. The average Bonchev–Trinajstić information content (AvgIpc) is 2.28. The monoisotopic (exact) mass is 223 g/mol. The van der Waals surface area contributed by atoms with Gasteiger partial charge in [-0.25, -0.2) is 0 Å². The van der Waals surface area contributed by atoms with Gasteiger partial charge in [0.15, 0.2) is 0 Å². The van der Waals surface area contributed by atoms with E-state index in [9.17, 15) is 0 Å². The lowest BCUT2D eigenvalue weighted by molar-refractivity contribution is 0.401. The maximum atomic E-state index is 5.60. The Morgan fingerprint density at radius 1 is 1.53 bits per heavy atom. The molecule has 0 saturated carbocycles. The number of hydrogen-bond acceptors (Lipinski definition) is 3. The number of methoxy groups -OCH3 is 1. The summed E-state index contributed by atoms with van der Waals surface area (Å²) in [6, 6.07) is 6.31. The van der Waals surface area contributed by atoms with Crippen molar-refractivity contribution in [1.82, 2.24) is 0 Å². The molecule has 2 rings (SSSR count). The topological polar surface area (TPSA) is 35.2 Å². The molecule has 1 aromatic carbocycles.